The minimum absolute atomic E-state index is 0.246. The van der Waals surface area contributed by atoms with Crippen LogP contribution < -0.4 is 5.32 Å². The lowest BCUT2D eigenvalue weighted by atomic mass is 9.99. The van der Waals surface area contributed by atoms with Crippen LogP contribution in [0.1, 0.15) is 18.2 Å². The summed E-state index contributed by atoms with van der Waals surface area (Å²) in [6.45, 7) is 1.90. The molecule has 0 aliphatic carbocycles. The molecule has 2 heterocycles. The molecule has 2 aromatic rings. The molecule has 114 valence electrons. The van der Waals surface area contributed by atoms with E-state index in [0.717, 1.165) is 10.5 Å². The molecule has 0 unspecified atom stereocenters. The molecule has 1 aromatic heterocycles. The van der Waals surface area contributed by atoms with Gasteiger partial charge in [-0.2, -0.15) is 0 Å². The number of hydrogen-bond acceptors (Lipinski definition) is 4. The molecule has 0 radical (unpaired) electrons. The summed E-state index contributed by atoms with van der Waals surface area (Å²) in [5.74, 6) is 0.132. The van der Waals surface area contributed by atoms with Gasteiger partial charge in [-0.05, 0) is 43.0 Å². The van der Waals surface area contributed by atoms with Crippen molar-refractivity contribution in [2.45, 2.75) is 23.9 Å². The Balaban J connectivity index is 1.82. The molecular weight excluding hydrogens is 300 g/mol. The van der Waals surface area contributed by atoms with Crippen LogP contribution in [-0.4, -0.2) is 23.1 Å². The summed E-state index contributed by atoms with van der Waals surface area (Å²) >= 11 is 1.65. The van der Waals surface area contributed by atoms with E-state index in [-0.39, 0.29) is 12.5 Å². The summed E-state index contributed by atoms with van der Waals surface area (Å²) in [6.07, 6.45) is 3.49. The van der Waals surface area contributed by atoms with Gasteiger partial charge in [0, 0.05) is 4.90 Å². The number of amides is 3. The van der Waals surface area contributed by atoms with E-state index < -0.39 is 11.6 Å². The van der Waals surface area contributed by atoms with E-state index in [1.165, 1.54) is 11.2 Å². The zero-order valence-electron chi connectivity index (χ0n) is 12.3. The van der Waals surface area contributed by atoms with Crippen molar-refractivity contribution in [1.29, 1.82) is 0 Å². The highest BCUT2D eigenvalue weighted by atomic mass is 32.2. The number of imide groups is 1. The predicted molar refractivity (Wildman–Crippen MR) is 83.4 cm³/mol. The van der Waals surface area contributed by atoms with E-state index in [9.17, 15) is 9.59 Å². The molecule has 3 amide bonds. The number of furan rings is 1. The van der Waals surface area contributed by atoms with Crippen LogP contribution in [0.3, 0.4) is 0 Å². The largest absolute Gasteiger partial charge is 0.466 e. The van der Waals surface area contributed by atoms with Gasteiger partial charge in [0.1, 0.15) is 5.76 Å². The van der Waals surface area contributed by atoms with Crippen LogP contribution >= 0.6 is 11.8 Å². The molecule has 6 heteroatoms. The molecule has 1 N–H and O–H groups in total. The van der Waals surface area contributed by atoms with Crippen LogP contribution in [0.15, 0.2) is 52.0 Å². The monoisotopic (exact) mass is 316 g/mol. The van der Waals surface area contributed by atoms with E-state index in [1.54, 1.807) is 30.8 Å². The Morgan fingerprint density at radius 2 is 1.95 bits per heavy atom. The lowest BCUT2D eigenvalue weighted by Gasteiger charge is -2.19. The van der Waals surface area contributed by atoms with Gasteiger partial charge in [0.15, 0.2) is 5.54 Å². The number of nitrogens with one attached hydrogen (secondary N) is 1. The van der Waals surface area contributed by atoms with Crippen molar-refractivity contribution in [3.63, 3.8) is 0 Å². The summed E-state index contributed by atoms with van der Waals surface area (Å²) in [5, 5.41) is 2.71. The highest BCUT2D eigenvalue weighted by Crippen LogP contribution is 2.30. The third kappa shape index (κ3) is 2.39. The first kappa shape index (κ1) is 14.7. The van der Waals surface area contributed by atoms with Crippen LogP contribution in [0, 0.1) is 0 Å². The maximum absolute atomic E-state index is 12.6. The number of carbonyl (C=O) groups excluding carboxylic acids is 2. The van der Waals surface area contributed by atoms with Crippen molar-refractivity contribution < 1.29 is 14.0 Å². The van der Waals surface area contributed by atoms with Gasteiger partial charge in [-0.3, -0.25) is 9.69 Å². The molecule has 1 aromatic carbocycles. The number of benzene rings is 1. The zero-order valence-corrected chi connectivity index (χ0v) is 13.1. The summed E-state index contributed by atoms with van der Waals surface area (Å²) in [4.78, 5) is 27.2. The van der Waals surface area contributed by atoms with Crippen molar-refractivity contribution >= 4 is 23.7 Å². The summed E-state index contributed by atoms with van der Waals surface area (Å²) in [5.41, 5.74) is -0.232. The predicted octanol–water partition coefficient (Wildman–Crippen LogP) is 2.97. The summed E-state index contributed by atoms with van der Waals surface area (Å²) in [7, 11) is 0. The number of urea groups is 1. The Labute approximate surface area is 132 Å². The Bertz CT molecular complexity index is 697. The minimum Gasteiger partial charge on any atom is -0.466 e. The highest BCUT2D eigenvalue weighted by molar-refractivity contribution is 7.98. The Hall–Kier alpha value is -2.21. The molecular formula is C16H16N2O3S. The van der Waals surface area contributed by atoms with Crippen molar-refractivity contribution in [2.24, 2.45) is 0 Å². The van der Waals surface area contributed by atoms with Gasteiger partial charge < -0.3 is 9.73 Å². The molecule has 3 rings (SSSR count). The van der Waals surface area contributed by atoms with Gasteiger partial charge in [0.2, 0.25) is 0 Å². The fourth-order valence-electron chi connectivity index (χ4n) is 2.48. The maximum atomic E-state index is 12.6. The standard InChI is InChI=1S/C16H16N2O3S/c1-16(13-4-3-9-21-13)14(19)18(15(20)17-16)10-11-5-7-12(22-2)8-6-11/h3-9H,10H2,1-2H3,(H,17,20)/t16-/m0/s1. The second-order valence-corrected chi connectivity index (χ2v) is 6.15. The van der Waals surface area contributed by atoms with Gasteiger partial charge in [-0.1, -0.05) is 12.1 Å². The summed E-state index contributed by atoms with van der Waals surface area (Å²) < 4.78 is 5.30. The smallest absolute Gasteiger partial charge is 0.325 e. The molecule has 5 nitrogen and oxygen atoms in total. The Kier molecular flexibility index (Phi) is 3.70. The SMILES string of the molecule is CSc1ccc(CN2C(=O)N[C@@](C)(c3ccco3)C2=O)cc1. The Morgan fingerprint density at radius 1 is 1.23 bits per heavy atom. The quantitative estimate of drug-likeness (QED) is 0.696. The maximum Gasteiger partial charge on any atom is 0.325 e. The summed E-state index contributed by atoms with van der Waals surface area (Å²) in [6, 6.07) is 10.8. The number of nitrogens with zero attached hydrogens (tertiary/aromatic N) is 1. The first-order chi connectivity index (χ1) is 10.5. The van der Waals surface area contributed by atoms with E-state index in [4.69, 9.17) is 4.42 Å². The number of thioether (sulfide) groups is 1. The second kappa shape index (κ2) is 5.53. The number of hydrogen-bond donors (Lipinski definition) is 1. The topological polar surface area (TPSA) is 62.6 Å². The molecule has 1 fully saturated rings. The first-order valence-corrected chi connectivity index (χ1v) is 8.08. The van der Waals surface area contributed by atoms with Crippen LogP contribution in [0.25, 0.3) is 0 Å². The molecule has 1 atom stereocenters. The first-order valence-electron chi connectivity index (χ1n) is 6.85. The van der Waals surface area contributed by atoms with Crippen molar-refractivity contribution in [2.75, 3.05) is 6.26 Å². The third-order valence-electron chi connectivity index (χ3n) is 3.79. The van der Waals surface area contributed by atoms with E-state index in [2.05, 4.69) is 5.32 Å². The van der Waals surface area contributed by atoms with Crippen LogP contribution in [-0.2, 0) is 16.9 Å². The number of carbonyl (C=O) groups is 2. The van der Waals surface area contributed by atoms with Gasteiger partial charge >= 0.3 is 6.03 Å². The van der Waals surface area contributed by atoms with Crippen LogP contribution in [0.4, 0.5) is 4.79 Å². The van der Waals surface area contributed by atoms with Gasteiger partial charge in [-0.25, -0.2) is 4.79 Å². The van der Waals surface area contributed by atoms with Gasteiger partial charge in [-0.15, -0.1) is 11.8 Å². The van der Waals surface area contributed by atoms with Crippen molar-refractivity contribution in [3.05, 3.63) is 54.0 Å². The average molecular weight is 316 g/mol. The second-order valence-electron chi connectivity index (χ2n) is 5.27. The van der Waals surface area contributed by atoms with Gasteiger partial charge in [0.05, 0.1) is 12.8 Å². The van der Waals surface area contributed by atoms with Crippen molar-refractivity contribution in [3.8, 4) is 0 Å². The normalized spacial score (nSPS) is 21.3. The number of rotatable bonds is 4. The van der Waals surface area contributed by atoms with E-state index >= 15 is 0 Å². The van der Waals surface area contributed by atoms with Gasteiger partial charge in [0.25, 0.3) is 5.91 Å². The minimum atomic E-state index is -1.14. The fourth-order valence-corrected chi connectivity index (χ4v) is 2.89. The van der Waals surface area contributed by atoms with Crippen LogP contribution in [0.5, 0.6) is 0 Å². The average Bonchev–Trinajstić information content (AvgIpc) is 3.13. The zero-order chi connectivity index (χ0) is 15.7. The fraction of sp³-hybridized carbons (Fsp3) is 0.250. The molecule has 0 spiro atoms. The van der Waals surface area contributed by atoms with E-state index in [1.807, 2.05) is 30.5 Å². The van der Waals surface area contributed by atoms with E-state index in [0.29, 0.717) is 5.76 Å². The molecule has 1 saturated heterocycles. The van der Waals surface area contributed by atoms with Crippen LogP contribution in [0.2, 0.25) is 0 Å². The molecule has 1 aliphatic heterocycles. The lowest BCUT2D eigenvalue weighted by Crippen LogP contribution is -2.40. The molecule has 0 bridgehead atoms. The molecule has 1 aliphatic rings. The molecule has 0 saturated carbocycles. The Morgan fingerprint density at radius 3 is 2.55 bits per heavy atom. The third-order valence-corrected chi connectivity index (χ3v) is 4.53. The van der Waals surface area contributed by atoms with Crippen molar-refractivity contribution in [1.82, 2.24) is 10.2 Å². The lowest BCUT2D eigenvalue weighted by molar-refractivity contribution is -0.132. The highest BCUT2D eigenvalue weighted by Gasteiger charge is 2.50. The molecule has 22 heavy (non-hydrogen) atoms.